The summed E-state index contributed by atoms with van der Waals surface area (Å²) in [7, 11) is 0. The zero-order valence-corrected chi connectivity index (χ0v) is 13.4. The summed E-state index contributed by atoms with van der Waals surface area (Å²) in [6.07, 6.45) is 1.76. The summed E-state index contributed by atoms with van der Waals surface area (Å²) in [6, 6.07) is 18.4. The fraction of sp³-hybridized carbons (Fsp3) is 0.158. The molecule has 1 heterocycles. The van der Waals surface area contributed by atoms with Crippen molar-refractivity contribution in [3.8, 4) is 0 Å². The van der Waals surface area contributed by atoms with Gasteiger partial charge < -0.3 is 10.6 Å². The van der Waals surface area contributed by atoms with Gasteiger partial charge in [-0.2, -0.15) is 4.98 Å². The van der Waals surface area contributed by atoms with Gasteiger partial charge in [-0.25, -0.2) is 4.98 Å². The van der Waals surface area contributed by atoms with E-state index >= 15 is 0 Å². The smallest absolute Gasteiger partial charge is 0.229 e. The van der Waals surface area contributed by atoms with E-state index in [0.29, 0.717) is 5.95 Å². The maximum absolute atomic E-state index is 4.51. The molecule has 2 N–H and O–H groups in total. The molecule has 0 saturated carbocycles. The van der Waals surface area contributed by atoms with Crippen molar-refractivity contribution in [2.45, 2.75) is 20.4 Å². The quantitative estimate of drug-likeness (QED) is 0.731. The summed E-state index contributed by atoms with van der Waals surface area (Å²) in [5.74, 6) is 1.39. The van der Waals surface area contributed by atoms with Crippen molar-refractivity contribution >= 4 is 17.5 Å². The molecular weight excluding hydrogens is 284 g/mol. The number of hydrogen-bond donors (Lipinski definition) is 2. The predicted molar refractivity (Wildman–Crippen MR) is 95.0 cm³/mol. The maximum atomic E-state index is 4.51. The van der Waals surface area contributed by atoms with E-state index in [1.54, 1.807) is 6.20 Å². The average molecular weight is 304 g/mol. The highest BCUT2D eigenvalue weighted by molar-refractivity contribution is 5.58. The second-order valence-corrected chi connectivity index (χ2v) is 5.55. The number of para-hydroxylation sites is 1. The number of nitrogens with zero attached hydrogens (tertiary/aromatic N) is 2. The molecule has 0 unspecified atom stereocenters. The van der Waals surface area contributed by atoms with Crippen LogP contribution in [0.15, 0.2) is 60.8 Å². The Morgan fingerprint density at radius 1 is 0.957 bits per heavy atom. The second-order valence-electron chi connectivity index (χ2n) is 5.55. The van der Waals surface area contributed by atoms with Crippen molar-refractivity contribution in [2.75, 3.05) is 10.6 Å². The molecule has 0 amide bonds. The van der Waals surface area contributed by atoms with Crippen LogP contribution in [-0.2, 0) is 6.54 Å². The molecule has 0 atom stereocenters. The summed E-state index contributed by atoms with van der Waals surface area (Å²) in [6.45, 7) is 4.89. The van der Waals surface area contributed by atoms with Crippen LogP contribution in [0, 0.1) is 13.8 Å². The van der Waals surface area contributed by atoms with Gasteiger partial charge in [-0.05, 0) is 37.1 Å². The molecule has 23 heavy (non-hydrogen) atoms. The molecule has 1 aromatic heterocycles. The average Bonchev–Trinajstić information content (AvgIpc) is 2.56. The van der Waals surface area contributed by atoms with E-state index in [1.807, 2.05) is 24.3 Å². The normalized spacial score (nSPS) is 10.3. The molecule has 116 valence electrons. The van der Waals surface area contributed by atoms with Gasteiger partial charge in [0, 0.05) is 18.4 Å². The van der Waals surface area contributed by atoms with Crippen molar-refractivity contribution in [3.63, 3.8) is 0 Å². The van der Waals surface area contributed by atoms with E-state index in [2.05, 4.69) is 64.8 Å². The SMILES string of the molecule is Cc1cccc(CNc2ccnc(Nc3ccccc3C)n2)c1. The van der Waals surface area contributed by atoms with Crippen LogP contribution in [0.3, 0.4) is 0 Å². The molecule has 0 fully saturated rings. The van der Waals surface area contributed by atoms with E-state index in [4.69, 9.17) is 0 Å². The van der Waals surface area contributed by atoms with Gasteiger partial charge in [0.1, 0.15) is 5.82 Å². The lowest BCUT2D eigenvalue weighted by Gasteiger charge is -2.10. The third kappa shape index (κ3) is 4.07. The number of aryl methyl sites for hydroxylation is 2. The van der Waals surface area contributed by atoms with E-state index in [1.165, 1.54) is 11.1 Å². The van der Waals surface area contributed by atoms with Crippen LogP contribution in [0.25, 0.3) is 0 Å². The lowest BCUT2D eigenvalue weighted by molar-refractivity contribution is 1.08. The molecule has 0 saturated heterocycles. The lowest BCUT2D eigenvalue weighted by Crippen LogP contribution is -2.04. The van der Waals surface area contributed by atoms with Crippen LogP contribution in [-0.4, -0.2) is 9.97 Å². The maximum Gasteiger partial charge on any atom is 0.229 e. The van der Waals surface area contributed by atoms with Crippen molar-refractivity contribution in [3.05, 3.63) is 77.5 Å². The summed E-state index contributed by atoms with van der Waals surface area (Å²) in [5.41, 5.74) is 4.67. The Kier molecular flexibility index (Phi) is 4.52. The van der Waals surface area contributed by atoms with Gasteiger partial charge >= 0.3 is 0 Å². The molecule has 3 rings (SSSR count). The summed E-state index contributed by atoms with van der Waals surface area (Å²) in [4.78, 5) is 8.80. The van der Waals surface area contributed by atoms with Crippen molar-refractivity contribution < 1.29 is 0 Å². The third-order valence-electron chi connectivity index (χ3n) is 3.60. The standard InChI is InChI=1S/C19H20N4/c1-14-6-5-8-16(12-14)13-21-18-10-11-20-19(23-18)22-17-9-4-3-7-15(17)2/h3-12H,13H2,1-2H3,(H2,20,21,22,23). The van der Waals surface area contributed by atoms with Gasteiger partial charge in [0.2, 0.25) is 5.95 Å². The molecule has 4 nitrogen and oxygen atoms in total. The van der Waals surface area contributed by atoms with E-state index in [-0.39, 0.29) is 0 Å². The monoisotopic (exact) mass is 304 g/mol. The van der Waals surface area contributed by atoms with Gasteiger partial charge in [-0.1, -0.05) is 48.0 Å². The highest BCUT2D eigenvalue weighted by Crippen LogP contribution is 2.18. The fourth-order valence-electron chi connectivity index (χ4n) is 2.37. The van der Waals surface area contributed by atoms with E-state index in [9.17, 15) is 0 Å². The number of aromatic nitrogens is 2. The van der Waals surface area contributed by atoms with Crippen LogP contribution < -0.4 is 10.6 Å². The van der Waals surface area contributed by atoms with E-state index < -0.39 is 0 Å². The minimum atomic E-state index is 0.591. The van der Waals surface area contributed by atoms with Gasteiger partial charge in [0.25, 0.3) is 0 Å². The highest BCUT2D eigenvalue weighted by atomic mass is 15.1. The number of benzene rings is 2. The molecule has 0 aliphatic rings. The molecule has 0 bridgehead atoms. The fourth-order valence-corrected chi connectivity index (χ4v) is 2.37. The Balaban J connectivity index is 1.69. The Morgan fingerprint density at radius 2 is 1.83 bits per heavy atom. The zero-order chi connectivity index (χ0) is 16.1. The van der Waals surface area contributed by atoms with Crippen molar-refractivity contribution in [1.82, 2.24) is 9.97 Å². The first kappa shape index (κ1) is 15.0. The van der Waals surface area contributed by atoms with Crippen LogP contribution in [0.2, 0.25) is 0 Å². The summed E-state index contributed by atoms with van der Waals surface area (Å²) < 4.78 is 0. The van der Waals surface area contributed by atoms with Crippen molar-refractivity contribution in [2.24, 2.45) is 0 Å². The molecule has 0 spiro atoms. The number of anilines is 3. The Hall–Kier alpha value is -2.88. The van der Waals surface area contributed by atoms with E-state index in [0.717, 1.165) is 23.6 Å². The number of rotatable bonds is 5. The van der Waals surface area contributed by atoms with Crippen LogP contribution in [0.5, 0.6) is 0 Å². The molecule has 0 aliphatic carbocycles. The minimum absolute atomic E-state index is 0.591. The van der Waals surface area contributed by atoms with Gasteiger partial charge in [0.15, 0.2) is 0 Å². The molecule has 4 heteroatoms. The Morgan fingerprint density at radius 3 is 2.65 bits per heavy atom. The molecule has 3 aromatic rings. The predicted octanol–water partition coefficient (Wildman–Crippen LogP) is 4.45. The molecule has 2 aromatic carbocycles. The first-order valence-corrected chi connectivity index (χ1v) is 7.66. The van der Waals surface area contributed by atoms with Gasteiger partial charge in [0.05, 0.1) is 0 Å². The lowest BCUT2D eigenvalue weighted by atomic mass is 10.1. The summed E-state index contributed by atoms with van der Waals surface area (Å²) in [5, 5.41) is 6.60. The zero-order valence-electron chi connectivity index (χ0n) is 13.4. The topological polar surface area (TPSA) is 49.8 Å². The first-order valence-electron chi connectivity index (χ1n) is 7.66. The van der Waals surface area contributed by atoms with Gasteiger partial charge in [-0.3, -0.25) is 0 Å². The van der Waals surface area contributed by atoms with Gasteiger partial charge in [-0.15, -0.1) is 0 Å². The first-order chi connectivity index (χ1) is 11.2. The second kappa shape index (κ2) is 6.92. The summed E-state index contributed by atoms with van der Waals surface area (Å²) >= 11 is 0. The van der Waals surface area contributed by atoms with Crippen LogP contribution in [0.1, 0.15) is 16.7 Å². The highest BCUT2D eigenvalue weighted by Gasteiger charge is 2.02. The van der Waals surface area contributed by atoms with Crippen LogP contribution >= 0.6 is 0 Å². The molecular formula is C19H20N4. The Labute approximate surface area is 136 Å². The third-order valence-corrected chi connectivity index (χ3v) is 3.60. The van der Waals surface area contributed by atoms with Crippen molar-refractivity contribution in [1.29, 1.82) is 0 Å². The minimum Gasteiger partial charge on any atom is -0.366 e. The Bertz CT molecular complexity index is 799. The number of hydrogen-bond acceptors (Lipinski definition) is 4. The number of nitrogens with one attached hydrogen (secondary N) is 2. The molecule has 0 radical (unpaired) electrons. The largest absolute Gasteiger partial charge is 0.366 e. The van der Waals surface area contributed by atoms with Crippen LogP contribution in [0.4, 0.5) is 17.5 Å². The molecule has 0 aliphatic heterocycles.